The zero-order chi connectivity index (χ0) is 15.4. The molecule has 1 aromatic heterocycles. The van der Waals surface area contributed by atoms with Crippen molar-refractivity contribution < 1.29 is 9.90 Å². The van der Waals surface area contributed by atoms with Crippen LogP contribution in [0.25, 0.3) is 5.69 Å². The highest BCUT2D eigenvalue weighted by Gasteiger charge is 2.25. The number of para-hydroxylation sites is 1. The van der Waals surface area contributed by atoms with Gasteiger partial charge in [0.1, 0.15) is 0 Å². The van der Waals surface area contributed by atoms with Crippen LogP contribution in [0.3, 0.4) is 0 Å². The molecule has 0 saturated heterocycles. The van der Waals surface area contributed by atoms with Gasteiger partial charge in [0.15, 0.2) is 0 Å². The minimum Gasteiger partial charge on any atom is -0.480 e. The van der Waals surface area contributed by atoms with Crippen LogP contribution < -0.4 is 5.32 Å². The summed E-state index contributed by atoms with van der Waals surface area (Å²) in [5, 5.41) is 16.3. The monoisotopic (exact) mass is 294 g/mol. The molecular weight excluding hydrogens is 278 g/mol. The van der Waals surface area contributed by atoms with E-state index >= 15 is 0 Å². The molecule has 0 amide bonds. The second kappa shape index (κ2) is 6.75. The van der Waals surface area contributed by atoms with E-state index < -0.39 is 5.97 Å². The van der Waals surface area contributed by atoms with Crippen LogP contribution in [0, 0.1) is 31.6 Å². The lowest BCUT2D eigenvalue weighted by Gasteiger charge is -2.07. The van der Waals surface area contributed by atoms with E-state index in [2.05, 4.69) is 10.4 Å². The summed E-state index contributed by atoms with van der Waals surface area (Å²) >= 11 is 0. The second-order valence-corrected chi connectivity index (χ2v) is 4.95. The third-order valence-electron chi connectivity index (χ3n) is 3.34. The molecule has 111 valence electrons. The highest BCUT2D eigenvalue weighted by Crippen LogP contribution is 2.31. The van der Waals surface area contributed by atoms with Crippen molar-refractivity contribution in [2.24, 2.45) is 0 Å². The number of nitrogens with one attached hydrogen (secondary N) is 1. The number of aliphatic carboxylic acids is 1. The molecule has 1 aromatic carbocycles. The van der Waals surface area contributed by atoms with E-state index in [1.807, 2.05) is 66.9 Å². The number of benzene rings is 1. The molecule has 0 aliphatic heterocycles. The molecule has 0 atom stereocenters. The fraction of sp³-hybridized carbons (Fsp3) is 0.118. The highest BCUT2D eigenvalue weighted by molar-refractivity contribution is 5.69. The summed E-state index contributed by atoms with van der Waals surface area (Å²) in [7, 11) is 0. The molecule has 2 aromatic rings. The van der Waals surface area contributed by atoms with E-state index in [0.29, 0.717) is 6.54 Å². The fourth-order valence-corrected chi connectivity index (χ4v) is 2.33. The Kier molecular flexibility index (Phi) is 4.53. The van der Waals surface area contributed by atoms with Crippen molar-refractivity contribution in [3.63, 3.8) is 0 Å². The first-order valence-corrected chi connectivity index (χ1v) is 7.02. The minimum atomic E-state index is -0.870. The van der Waals surface area contributed by atoms with Crippen LogP contribution in [0.5, 0.6) is 0 Å². The van der Waals surface area contributed by atoms with Gasteiger partial charge in [-0.15, -0.1) is 0 Å². The van der Waals surface area contributed by atoms with Crippen LogP contribution in [0.15, 0.2) is 36.5 Å². The first-order valence-electron chi connectivity index (χ1n) is 7.02. The molecule has 0 unspecified atom stereocenters. The number of nitrogens with zero attached hydrogens (tertiary/aromatic N) is 2. The summed E-state index contributed by atoms with van der Waals surface area (Å²) in [6.07, 6.45) is 9.86. The molecule has 1 aliphatic rings. The van der Waals surface area contributed by atoms with Crippen LogP contribution in [0.2, 0.25) is 0 Å². The predicted molar refractivity (Wildman–Crippen MR) is 82.5 cm³/mol. The van der Waals surface area contributed by atoms with Gasteiger partial charge in [0.2, 0.25) is 0 Å². The van der Waals surface area contributed by atoms with Gasteiger partial charge in [0, 0.05) is 24.2 Å². The van der Waals surface area contributed by atoms with Gasteiger partial charge in [-0.1, -0.05) is 18.2 Å². The molecule has 22 heavy (non-hydrogen) atoms. The minimum absolute atomic E-state index is 0.0725. The lowest BCUT2D eigenvalue weighted by molar-refractivity contribution is -0.135. The van der Waals surface area contributed by atoms with Gasteiger partial charge in [-0.2, -0.15) is 5.10 Å². The number of carbonyl (C=O) groups is 1. The first kappa shape index (κ1) is 14.8. The van der Waals surface area contributed by atoms with Crippen LogP contribution in [-0.2, 0) is 11.3 Å². The first-order chi connectivity index (χ1) is 10.7. The van der Waals surface area contributed by atoms with Gasteiger partial charge >= 0.3 is 5.97 Å². The number of carboxylic acids is 1. The Hall–Kier alpha value is -2.14. The van der Waals surface area contributed by atoms with E-state index in [4.69, 9.17) is 5.11 Å². The number of aromatic nitrogens is 2. The van der Waals surface area contributed by atoms with Crippen molar-refractivity contribution in [2.45, 2.75) is 6.54 Å². The average molecular weight is 294 g/mol. The lowest BCUT2D eigenvalue weighted by Crippen LogP contribution is -2.22. The molecule has 1 aliphatic carbocycles. The number of hydrogen-bond donors (Lipinski definition) is 2. The van der Waals surface area contributed by atoms with Gasteiger partial charge in [-0.25, -0.2) is 4.68 Å². The van der Waals surface area contributed by atoms with Crippen molar-refractivity contribution in [2.75, 3.05) is 6.54 Å². The molecule has 2 N–H and O–H groups in total. The maximum Gasteiger partial charge on any atom is 0.317 e. The van der Waals surface area contributed by atoms with Gasteiger partial charge in [0.05, 0.1) is 17.9 Å². The smallest absolute Gasteiger partial charge is 0.317 e. The summed E-state index contributed by atoms with van der Waals surface area (Å²) in [6.45, 7) is 0.386. The third-order valence-corrected chi connectivity index (χ3v) is 3.34. The van der Waals surface area contributed by atoms with Crippen molar-refractivity contribution in [1.82, 2.24) is 15.1 Å². The van der Waals surface area contributed by atoms with E-state index in [-0.39, 0.29) is 6.54 Å². The maximum absolute atomic E-state index is 10.6. The SMILES string of the molecule is O=C(O)CNCc1cn(-c2ccccc2)nc1[C]1[CH][CH][CH][CH]1. The van der Waals surface area contributed by atoms with Crippen molar-refractivity contribution in [3.8, 4) is 5.69 Å². The quantitative estimate of drug-likeness (QED) is 0.852. The molecule has 1 fully saturated rings. The highest BCUT2D eigenvalue weighted by atomic mass is 16.4. The van der Waals surface area contributed by atoms with Crippen LogP contribution in [0.1, 0.15) is 11.3 Å². The maximum atomic E-state index is 10.6. The van der Waals surface area contributed by atoms with Crippen LogP contribution in [-0.4, -0.2) is 27.4 Å². The number of carboxylic acid groups (broad SMARTS) is 1. The fourth-order valence-electron chi connectivity index (χ4n) is 2.33. The Morgan fingerprint density at radius 2 is 1.91 bits per heavy atom. The topological polar surface area (TPSA) is 67.2 Å². The predicted octanol–water partition coefficient (Wildman–Crippen LogP) is 1.80. The lowest BCUT2D eigenvalue weighted by atomic mass is 10.0. The third kappa shape index (κ3) is 3.36. The normalized spacial score (nSPS) is 15.3. The van der Waals surface area contributed by atoms with E-state index in [1.165, 1.54) is 0 Å². The Balaban J connectivity index is 1.85. The van der Waals surface area contributed by atoms with Crippen molar-refractivity contribution >= 4 is 5.97 Å². The van der Waals surface area contributed by atoms with E-state index in [0.717, 1.165) is 22.9 Å². The van der Waals surface area contributed by atoms with Gasteiger partial charge in [-0.3, -0.25) is 4.79 Å². The standard InChI is InChI=1S/C17H16N3O2/c21-16(22)11-18-10-14-12-20(15-8-2-1-3-9-15)19-17(14)13-6-4-5-7-13/h1-9,12,18H,10-11H2,(H,21,22). The van der Waals surface area contributed by atoms with Gasteiger partial charge in [-0.05, 0) is 37.8 Å². The molecule has 0 bridgehead atoms. The van der Waals surface area contributed by atoms with E-state index in [1.54, 1.807) is 0 Å². The summed E-state index contributed by atoms with van der Waals surface area (Å²) in [4.78, 5) is 10.6. The van der Waals surface area contributed by atoms with Gasteiger partial charge in [0.25, 0.3) is 0 Å². The average Bonchev–Trinajstić information content (AvgIpc) is 3.16. The molecule has 5 nitrogen and oxygen atoms in total. The van der Waals surface area contributed by atoms with Crippen LogP contribution in [0.4, 0.5) is 0 Å². The van der Waals surface area contributed by atoms with Crippen molar-refractivity contribution in [3.05, 3.63) is 79.4 Å². The Morgan fingerprint density at radius 1 is 1.18 bits per heavy atom. The zero-order valence-electron chi connectivity index (χ0n) is 11.9. The largest absolute Gasteiger partial charge is 0.480 e. The Bertz CT molecular complexity index is 631. The summed E-state index contributed by atoms with van der Waals surface area (Å²) in [5.74, 6) is 0.159. The molecular formula is C17H16N3O2. The zero-order valence-corrected chi connectivity index (χ0v) is 11.9. The Labute approximate surface area is 130 Å². The molecule has 3 rings (SSSR count). The second-order valence-electron chi connectivity index (χ2n) is 4.95. The van der Waals surface area contributed by atoms with Gasteiger partial charge < -0.3 is 10.4 Å². The number of rotatable bonds is 6. The summed E-state index contributed by atoms with van der Waals surface area (Å²) < 4.78 is 1.82. The molecule has 5 heteroatoms. The molecule has 1 saturated carbocycles. The summed E-state index contributed by atoms with van der Waals surface area (Å²) in [6, 6.07) is 9.84. The summed E-state index contributed by atoms with van der Waals surface area (Å²) in [5.41, 5.74) is 2.81. The Morgan fingerprint density at radius 3 is 2.59 bits per heavy atom. The van der Waals surface area contributed by atoms with Crippen LogP contribution >= 0.6 is 0 Å². The number of hydrogen-bond acceptors (Lipinski definition) is 3. The molecule has 5 radical (unpaired) electrons. The molecule has 0 spiro atoms. The van der Waals surface area contributed by atoms with E-state index in [9.17, 15) is 4.79 Å². The van der Waals surface area contributed by atoms with Crippen molar-refractivity contribution in [1.29, 1.82) is 0 Å². The molecule has 1 heterocycles.